The first kappa shape index (κ1) is 28.6. The largest absolute Gasteiger partial charge is 0.417 e. The molecule has 3 amide bonds. The maximum Gasteiger partial charge on any atom is 0.417 e. The molecule has 0 aliphatic heterocycles. The average molecular weight is 547 g/mol. The summed E-state index contributed by atoms with van der Waals surface area (Å²) < 4.78 is 39.3. The number of carbonyl (C=O) groups is 3. The number of nitrogens with one attached hydrogen (secondary N) is 2. The van der Waals surface area contributed by atoms with Crippen molar-refractivity contribution in [3.63, 3.8) is 0 Å². The number of carbonyl (C=O) groups excluding carboxylic acids is 3. The van der Waals surface area contributed by atoms with Gasteiger partial charge in [0, 0.05) is 42.3 Å². The molecule has 1 heterocycles. The fourth-order valence-electron chi connectivity index (χ4n) is 3.66. The van der Waals surface area contributed by atoms with Crippen LogP contribution >= 0.6 is 11.6 Å². The Bertz CT molecular complexity index is 1340. The highest BCUT2D eigenvalue weighted by Gasteiger charge is 2.33. The number of halogens is 4. The van der Waals surface area contributed by atoms with E-state index < -0.39 is 34.6 Å². The maximum atomic E-state index is 13.1. The van der Waals surface area contributed by atoms with Crippen molar-refractivity contribution in [1.29, 1.82) is 0 Å². The highest BCUT2D eigenvalue weighted by Crippen LogP contribution is 2.36. The molecule has 1 aromatic heterocycles. The summed E-state index contributed by atoms with van der Waals surface area (Å²) in [6.07, 6.45) is -1.62. The monoisotopic (exact) mass is 546 g/mol. The molecule has 0 unspecified atom stereocenters. The van der Waals surface area contributed by atoms with Crippen LogP contribution in [-0.2, 0) is 11.0 Å². The molecule has 0 aliphatic carbocycles. The Morgan fingerprint density at radius 2 is 1.66 bits per heavy atom. The van der Waals surface area contributed by atoms with Gasteiger partial charge in [-0.3, -0.25) is 19.4 Å². The summed E-state index contributed by atoms with van der Waals surface area (Å²) >= 11 is 5.61. The first-order valence-electron chi connectivity index (χ1n) is 11.8. The van der Waals surface area contributed by atoms with E-state index in [9.17, 15) is 27.6 Å². The number of amides is 3. The molecule has 2 aromatic carbocycles. The number of hydrogen-bond acceptors (Lipinski definition) is 4. The summed E-state index contributed by atoms with van der Waals surface area (Å²) in [6.45, 7) is 6.30. The Balaban J connectivity index is 1.72. The van der Waals surface area contributed by atoms with Crippen LogP contribution in [0.2, 0.25) is 5.02 Å². The second-order valence-corrected chi connectivity index (χ2v) is 8.80. The molecule has 0 saturated carbocycles. The fourth-order valence-corrected chi connectivity index (χ4v) is 3.89. The third-order valence-electron chi connectivity index (χ3n) is 5.77. The van der Waals surface area contributed by atoms with Crippen LogP contribution in [0.4, 0.5) is 18.9 Å². The second-order valence-electron chi connectivity index (χ2n) is 8.40. The van der Waals surface area contributed by atoms with Gasteiger partial charge in [0.25, 0.3) is 11.8 Å². The molecule has 0 aliphatic rings. The first-order chi connectivity index (χ1) is 17.9. The molecule has 200 valence electrons. The van der Waals surface area contributed by atoms with Crippen molar-refractivity contribution in [3.8, 4) is 11.1 Å². The molecule has 11 heteroatoms. The van der Waals surface area contributed by atoms with Gasteiger partial charge in [-0.05, 0) is 62.7 Å². The quantitative estimate of drug-likeness (QED) is 0.381. The van der Waals surface area contributed by atoms with Gasteiger partial charge in [-0.15, -0.1) is 0 Å². The van der Waals surface area contributed by atoms with Gasteiger partial charge in [-0.25, -0.2) is 0 Å². The van der Waals surface area contributed by atoms with Crippen molar-refractivity contribution >= 4 is 35.0 Å². The van der Waals surface area contributed by atoms with Gasteiger partial charge < -0.3 is 15.5 Å². The molecule has 0 saturated heterocycles. The molecule has 3 rings (SSSR count). The van der Waals surface area contributed by atoms with Crippen LogP contribution in [0.1, 0.15) is 47.1 Å². The van der Waals surface area contributed by atoms with E-state index in [0.29, 0.717) is 29.8 Å². The summed E-state index contributed by atoms with van der Waals surface area (Å²) in [6, 6.07) is 10.2. The minimum absolute atomic E-state index is 0.110. The minimum Gasteiger partial charge on any atom is -0.341 e. The van der Waals surface area contributed by atoms with Crippen molar-refractivity contribution in [2.24, 2.45) is 0 Å². The Morgan fingerprint density at radius 3 is 2.32 bits per heavy atom. The highest BCUT2D eigenvalue weighted by molar-refractivity contribution is 6.31. The topological polar surface area (TPSA) is 91.4 Å². The zero-order valence-corrected chi connectivity index (χ0v) is 21.7. The number of rotatable bonds is 8. The van der Waals surface area contributed by atoms with Crippen LogP contribution in [0.5, 0.6) is 0 Å². The summed E-state index contributed by atoms with van der Waals surface area (Å²) in [5, 5.41) is 4.40. The number of anilines is 1. The van der Waals surface area contributed by atoms with Crippen molar-refractivity contribution in [1.82, 2.24) is 15.2 Å². The normalized spacial score (nSPS) is 12.0. The lowest BCUT2D eigenvalue weighted by atomic mass is 10.0. The van der Waals surface area contributed by atoms with Crippen molar-refractivity contribution in [2.45, 2.75) is 33.0 Å². The zero-order chi connectivity index (χ0) is 28.0. The van der Waals surface area contributed by atoms with Crippen LogP contribution in [0.3, 0.4) is 0 Å². The van der Waals surface area contributed by atoms with Crippen LogP contribution in [0.15, 0.2) is 60.9 Å². The van der Waals surface area contributed by atoms with E-state index in [4.69, 9.17) is 11.6 Å². The number of aromatic nitrogens is 1. The van der Waals surface area contributed by atoms with E-state index in [-0.39, 0.29) is 17.2 Å². The van der Waals surface area contributed by atoms with Crippen molar-refractivity contribution in [2.75, 3.05) is 18.4 Å². The molecule has 0 radical (unpaired) electrons. The molecule has 0 spiro atoms. The Morgan fingerprint density at radius 1 is 0.974 bits per heavy atom. The first-order valence-corrected chi connectivity index (χ1v) is 12.2. The molecular weight excluding hydrogens is 521 g/mol. The SMILES string of the molecule is CCN(CC)C(=O)c1cncc(-c2cccc(C(=O)N[C@@H](C)C(=O)Nc3ccc(Cl)c(C(F)(F)F)c3)c2)c1. The maximum absolute atomic E-state index is 13.1. The fraction of sp³-hybridized carbons (Fsp3) is 0.259. The van der Waals surface area contributed by atoms with E-state index in [1.807, 2.05) is 13.8 Å². The van der Waals surface area contributed by atoms with E-state index in [1.54, 1.807) is 41.4 Å². The molecule has 2 N–H and O–H groups in total. The summed E-state index contributed by atoms with van der Waals surface area (Å²) in [5.41, 5.74) is 0.740. The Hall–Kier alpha value is -3.92. The number of pyridine rings is 1. The molecular formula is C27H26ClF3N4O3. The number of benzene rings is 2. The predicted molar refractivity (Wildman–Crippen MR) is 139 cm³/mol. The van der Waals surface area contributed by atoms with Crippen LogP contribution in [-0.4, -0.2) is 46.7 Å². The number of alkyl halides is 3. The van der Waals surface area contributed by atoms with Crippen LogP contribution in [0.25, 0.3) is 11.1 Å². The smallest absolute Gasteiger partial charge is 0.341 e. The predicted octanol–water partition coefficient (Wildman–Crippen LogP) is 5.66. The number of hydrogen-bond donors (Lipinski definition) is 2. The standard InChI is InChI=1S/C27H26ClF3N4O3/c1-4-35(5-2)26(38)20-12-19(14-32-15-20)17-7-6-8-18(11-17)25(37)33-16(3)24(36)34-21-9-10-23(28)22(13-21)27(29,30)31/h6-16H,4-5H2,1-3H3,(H,33,37)(H,34,36)/t16-/m0/s1. The van der Waals surface area contributed by atoms with Crippen LogP contribution < -0.4 is 10.6 Å². The zero-order valence-electron chi connectivity index (χ0n) is 20.9. The van der Waals surface area contributed by atoms with E-state index >= 15 is 0 Å². The highest BCUT2D eigenvalue weighted by atomic mass is 35.5. The van der Waals surface area contributed by atoms with Gasteiger partial charge in [-0.1, -0.05) is 23.7 Å². The lowest BCUT2D eigenvalue weighted by molar-refractivity contribution is -0.137. The lowest BCUT2D eigenvalue weighted by Gasteiger charge is -2.18. The minimum atomic E-state index is -4.68. The molecule has 0 bridgehead atoms. The van der Waals surface area contributed by atoms with Crippen molar-refractivity contribution < 1.29 is 27.6 Å². The van der Waals surface area contributed by atoms with Gasteiger partial charge in [0.1, 0.15) is 6.04 Å². The van der Waals surface area contributed by atoms with Gasteiger partial charge in [0.2, 0.25) is 5.91 Å². The third-order valence-corrected chi connectivity index (χ3v) is 6.10. The molecule has 3 aromatic rings. The molecule has 38 heavy (non-hydrogen) atoms. The molecule has 0 fully saturated rings. The summed E-state index contributed by atoms with van der Waals surface area (Å²) in [7, 11) is 0. The van der Waals surface area contributed by atoms with Gasteiger partial charge >= 0.3 is 6.18 Å². The number of nitrogens with zero attached hydrogens (tertiary/aromatic N) is 2. The molecule has 1 atom stereocenters. The summed E-state index contributed by atoms with van der Waals surface area (Å²) in [5.74, 6) is -1.43. The van der Waals surface area contributed by atoms with Gasteiger partial charge in [0.05, 0.1) is 16.1 Å². The van der Waals surface area contributed by atoms with Gasteiger partial charge in [-0.2, -0.15) is 13.2 Å². The lowest BCUT2D eigenvalue weighted by Crippen LogP contribution is -2.41. The Labute approximate surface area is 223 Å². The molecule has 7 nitrogen and oxygen atoms in total. The van der Waals surface area contributed by atoms with E-state index in [1.165, 1.54) is 19.2 Å². The van der Waals surface area contributed by atoms with Crippen molar-refractivity contribution in [3.05, 3.63) is 82.6 Å². The third kappa shape index (κ3) is 6.89. The van der Waals surface area contributed by atoms with E-state index in [2.05, 4.69) is 15.6 Å². The second kappa shape index (κ2) is 12.1. The summed E-state index contributed by atoms with van der Waals surface area (Å²) in [4.78, 5) is 43.9. The van der Waals surface area contributed by atoms with E-state index in [0.717, 1.165) is 12.1 Å². The van der Waals surface area contributed by atoms with Crippen LogP contribution in [0, 0.1) is 0 Å². The average Bonchev–Trinajstić information content (AvgIpc) is 2.89. The van der Waals surface area contributed by atoms with Gasteiger partial charge in [0.15, 0.2) is 0 Å². The Kier molecular flexibility index (Phi) is 9.11.